The maximum absolute atomic E-state index is 13.6. The molecular weight excluding hydrogens is 520 g/mol. The number of thiophene rings is 1. The summed E-state index contributed by atoms with van der Waals surface area (Å²) >= 11 is 7.60. The van der Waals surface area contributed by atoms with E-state index in [0.29, 0.717) is 45.1 Å². The highest BCUT2D eigenvalue weighted by Gasteiger charge is 2.33. The Morgan fingerprint density at radius 1 is 1.16 bits per heavy atom. The number of carbonyl (C=O) groups is 2. The van der Waals surface area contributed by atoms with Gasteiger partial charge in [-0.15, -0.1) is 11.3 Å². The molecule has 1 atom stereocenters. The zero-order valence-corrected chi connectivity index (χ0v) is 23.7. The molecule has 0 saturated heterocycles. The second-order valence-electron chi connectivity index (χ2n) is 10.3. The number of nitrogens with one attached hydrogen (secondary N) is 1. The van der Waals surface area contributed by atoms with Crippen molar-refractivity contribution in [1.29, 1.82) is 0 Å². The number of nitrogens with zero attached hydrogens (tertiary/aromatic N) is 1. The van der Waals surface area contributed by atoms with Crippen LogP contribution in [0.5, 0.6) is 5.75 Å². The van der Waals surface area contributed by atoms with E-state index in [1.165, 1.54) is 4.88 Å². The first kappa shape index (κ1) is 27.9. The van der Waals surface area contributed by atoms with Crippen LogP contribution in [0.3, 0.4) is 0 Å². The van der Waals surface area contributed by atoms with Gasteiger partial charge in [-0.1, -0.05) is 44.5 Å². The van der Waals surface area contributed by atoms with E-state index in [0.717, 1.165) is 24.8 Å². The van der Waals surface area contributed by atoms with Crippen molar-refractivity contribution >= 4 is 51.7 Å². The van der Waals surface area contributed by atoms with E-state index in [1.807, 2.05) is 18.2 Å². The maximum Gasteiger partial charge on any atom is 0.344 e. The summed E-state index contributed by atoms with van der Waals surface area (Å²) in [5.74, 6) is 0.443. The number of ether oxygens (including phenoxy) is 2. The predicted molar refractivity (Wildman–Crippen MR) is 155 cm³/mol. The van der Waals surface area contributed by atoms with E-state index >= 15 is 0 Å². The SMILES string of the molecule is CCOC(=O)COc1ccccc1C=Nc1sc2c(c1C(=O)Nc1ccc(Cl)cc1)CC[C@@H](C(C)(C)C)C2. The van der Waals surface area contributed by atoms with Crippen molar-refractivity contribution in [2.24, 2.45) is 16.3 Å². The quantitative estimate of drug-likeness (QED) is 0.232. The van der Waals surface area contributed by atoms with E-state index in [9.17, 15) is 9.59 Å². The molecule has 1 heterocycles. The lowest BCUT2D eigenvalue weighted by atomic mass is 9.72. The average Bonchev–Trinajstić information content (AvgIpc) is 3.25. The Kier molecular flexibility index (Phi) is 8.90. The molecule has 0 unspecified atom stereocenters. The number of esters is 1. The van der Waals surface area contributed by atoms with Gasteiger partial charge >= 0.3 is 5.97 Å². The number of hydrogen-bond donors (Lipinski definition) is 1. The topological polar surface area (TPSA) is 77.0 Å². The number of hydrogen-bond acceptors (Lipinski definition) is 6. The molecule has 1 N–H and O–H groups in total. The second kappa shape index (κ2) is 12.1. The molecule has 1 amide bonds. The molecule has 0 saturated carbocycles. The van der Waals surface area contributed by atoms with Crippen LogP contribution in [-0.4, -0.2) is 31.3 Å². The lowest BCUT2D eigenvalue weighted by Crippen LogP contribution is -2.27. The molecule has 1 aliphatic rings. The highest BCUT2D eigenvalue weighted by Crippen LogP contribution is 2.45. The summed E-state index contributed by atoms with van der Waals surface area (Å²) in [5.41, 5.74) is 3.27. The molecule has 0 radical (unpaired) electrons. The summed E-state index contributed by atoms with van der Waals surface area (Å²) in [6.07, 6.45) is 4.49. The number of para-hydroxylation sites is 1. The molecule has 1 aliphatic carbocycles. The Morgan fingerprint density at radius 2 is 1.89 bits per heavy atom. The van der Waals surface area contributed by atoms with Gasteiger partial charge in [-0.25, -0.2) is 9.79 Å². The van der Waals surface area contributed by atoms with Gasteiger partial charge in [0.05, 0.1) is 12.2 Å². The molecular formula is C30H33ClN2O4S. The highest BCUT2D eigenvalue weighted by molar-refractivity contribution is 7.16. The van der Waals surface area contributed by atoms with Crippen molar-refractivity contribution in [2.75, 3.05) is 18.5 Å². The van der Waals surface area contributed by atoms with Crippen LogP contribution < -0.4 is 10.1 Å². The second-order valence-corrected chi connectivity index (χ2v) is 11.9. The predicted octanol–water partition coefficient (Wildman–Crippen LogP) is 7.50. The fraction of sp³-hybridized carbons (Fsp3) is 0.367. The van der Waals surface area contributed by atoms with Crippen LogP contribution in [0.15, 0.2) is 53.5 Å². The first-order valence-corrected chi connectivity index (χ1v) is 14.0. The standard InChI is InChI=1S/C30H33ClN2O4S/c1-5-36-26(34)18-37-24-9-7-6-8-19(24)17-32-29-27(28(35)33-22-13-11-21(31)12-14-22)23-15-10-20(30(2,3)4)16-25(23)38-29/h6-9,11-14,17,20H,5,10,15-16,18H2,1-4H3,(H,33,35)/t20-/m1/s1. The normalized spacial score (nSPS) is 15.2. The average molecular weight is 553 g/mol. The lowest BCUT2D eigenvalue weighted by molar-refractivity contribution is -0.145. The Hall–Kier alpha value is -3.16. The van der Waals surface area contributed by atoms with E-state index in [4.69, 9.17) is 26.1 Å². The van der Waals surface area contributed by atoms with E-state index in [1.54, 1.807) is 54.8 Å². The monoisotopic (exact) mass is 552 g/mol. The van der Waals surface area contributed by atoms with Gasteiger partial charge in [-0.2, -0.15) is 0 Å². The Labute approximate surface area is 233 Å². The third kappa shape index (κ3) is 6.83. The van der Waals surface area contributed by atoms with E-state index < -0.39 is 5.97 Å². The Morgan fingerprint density at radius 3 is 2.61 bits per heavy atom. The molecule has 0 fully saturated rings. The minimum absolute atomic E-state index is 0.182. The number of anilines is 1. The molecule has 8 heteroatoms. The number of carbonyl (C=O) groups excluding carboxylic acids is 2. The van der Waals surface area contributed by atoms with Gasteiger partial charge in [-0.3, -0.25) is 4.79 Å². The summed E-state index contributed by atoms with van der Waals surface area (Å²) in [6.45, 7) is 8.69. The number of fused-ring (bicyclic) bond motifs is 1. The van der Waals surface area contributed by atoms with Gasteiger partial charge in [-0.05, 0) is 79.5 Å². The highest BCUT2D eigenvalue weighted by atomic mass is 35.5. The number of benzene rings is 2. The van der Waals surface area contributed by atoms with Crippen molar-refractivity contribution in [1.82, 2.24) is 0 Å². The maximum atomic E-state index is 13.6. The number of rotatable bonds is 8. The lowest BCUT2D eigenvalue weighted by Gasteiger charge is -2.33. The molecule has 0 spiro atoms. The number of aliphatic imine (C=N–C) groups is 1. The van der Waals surface area contributed by atoms with Crippen molar-refractivity contribution in [2.45, 2.75) is 47.0 Å². The smallest absolute Gasteiger partial charge is 0.344 e. The third-order valence-corrected chi connectivity index (χ3v) is 8.11. The summed E-state index contributed by atoms with van der Waals surface area (Å²) < 4.78 is 10.6. The summed E-state index contributed by atoms with van der Waals surface area (Å²) in [7, 11) is 0. The summed E-state index contributed by atoms with van der Waals surface area (Å²) in [5, 5.41) is 4.29. The van der Waals surface area contributed by atoms with Crippen molar-refractivity contribution in [3.05, 3.63) is 75.1 Å². The van der Waals surface area contributed by atoms with Gasteiger partial charge in [0.2, 0.25) is 0 Å². The van der Waals surface area contributed by atoms with Crippen LogP contribution in [0.25, 0.3) is 0 Å². The first-order valence-electron chi connectivity index (χ1n) is 12.8. The van der Waals surface area contributed by atoms with E-state index in [-0.39, 0.29) is 17.9 Å². The van der Waals surface area contributed by atoms with Crippen LogP contribution in [0.2, 0.25) is 5.02 Å². The van der Waals surface area contributed by atoms with Crippen LogP contribution in [0.4, 0.5) is 10.7 Å². The van der Waals surface area contributed by atoms with Gasteiger partial charge in [0.1, 0.15) is 10.8 Å². The molecule has 200 valence electrons. The first-order chi connectivity index (χ1) is 18.2. The van der Waals surface area contributed by atoms with Crippen molar-refractivity contribution in [3.63, 3.8) is 0 Å². The molecule has 38 heavy (non-hydrogen) atoms. The molecule has 0 aliphatic heterocycles. The molecule has 1 aromatic heterocycles. The number of halogens is 1. The van der Waals surface area contributed by atoms with Gasteiger partial charge in [0.25, 0.3) is 5.91 Å². The summed E-state index contributed by atoms with van der Waals surface area (Å²) in [4.78, 5) is 31.3. The fourth-order valence-electron chi connectivity index (χ4n) is 4.55. The van der Waals surface area contributed by atoms with Crippen LogP contribution in [-0.2, 0) is 22.4 Å². The van der Waals surface area contributed by atoms with Gasteiger partial charge < -0.3 is 14.8 Å². The summed E-state index contributed by atoms with van der Waals surface area (Å²) in [6, 6.07) is 14.4. The van der Waals surface area contributed by atoms with Crippen molar-refractivity contribution < 1.29 is 19.1 Å². The number of amides is 1. The minimum atomic E-state index is -0.431. The van der Waals surface area contributed by atoms with Crippen LogP contribution in [0.1, 0.15) is 60.5 Å². The van der Waals surface area contributed by atoms with E-state index in [2.05, 4.69) is 26.1 Å². The van der Waals surface area contributed by atoms with Gasteiger partial charge in [0, 0.05) is 27.4 Å². The zero-order chi connectivity index (χ0) is 27.3. The Balaban J connectivity index is 1.65. The molecule has 2 aromatic carbocycles. The third-order valence-electron chi connectivity index (χ3n) is 6.69. The molecule has 3 aromatic rings. The largest absolute Gasteiger partial charge is 0.481 e. The van der Waals surface area contributed by atoms with Crippen molar-refractivity contribution in [3.8, 4) is 5.75 Å². The molecule has 6 nitrogen and oxygen atoms in total. The Bertz CT molecular complexity index is 1330. The zero-order valence-electron chi connectivity index (χ0n) is 22.2. The van der Waals surface area contributed by atoms with Crippen LogP contribution >= 0.6 is 22.9 Å². The fourth-order valence-corrected chi connectivity index (χ4v) is 5.94. The minimum Gasteiger partial charge on any atom is -0.481 e. The molecule has 0 bridgehead atoms. The van der Waals surface area contributed by atoms with Crippen LogP contribution in [0, 0.1) is 11.3 Å². The molecule has 4 rings (SSSR count). The van der Waals surface area contributed by atoms with Gasteiger partial charge in [0.15, 0.2) is 6.61 Å².